The zero-order valence-corrected chi connectivity index (χ0v) is 13.0. The van der Waals surface area contributed by atoms with Crippen molar-refractivity contribution in [2.45, 2.75) is 25.5 Å². The first-order chi connectivity index (χ1) is 10.0. The number of rotatable bonds is 5. The fourth-order valence-electron chi connectivity index (χ4n) is 2.00. The number of benzene rings is 2. The minimum atomic E-state index is -0.488. The van der Waals surface area contributed by atoms with Gasteiger partial charge in [0.1, 0.15) is 17.7 Å². The van der Waals surface area contributed by atoms with E-state index in [4.69, 9.17) is 33.7 Å². The van der Waals surface area contributed by atoms with Crippen LogP contribution in [0.5, 0.6) is 5.75 Å². The van der Waals surface area contributed by atoms with Crippen LogP contribution in [0.3, 0.4) is 0 Å². The molecule has 2 rings (SSSR count). The van der Waals surface area contributed by atoms with Crippen LogP contribution < -0.4 is 10.5 Å². The molecule has 0 saturated carbocycles. The van der Waals surface area contributed by atoms with E-state index in [0.29, 0.717) is 17.2 Å². The molecule has 2 aromatic rings. The third-order valence-corrected chi connectivity index (χ3v) is 3.86. The van der Waals surface area contributed by atoms with Gasteiger partial charge in [0.05, 0.1) is 5.02 Å². The molecule has 2 aromatic carbocycles. The van der Waals surface area contributed by atoms with Crippen LogP contribution in [0.4, 0.5) is 4.39 Å². The SMILES string of the molecule is CCC(N)C(Oc1ccc(F)c(Cl)c1)c1ccccc1Cl. The summed E-state index contributed by atoms with van der Waals surface area (Å²) >= 11 is 12.0. The van der Waals surface area contributed by atoms with Crippen LogP contribution in [-0.4, -0.2) is 6.04 Å². The van der Waals surface area contributed by atoms with Crippen molar-refractivity contribution in [3.63, 3.8) is 0 Å². The largest absolute Gasteiger partial charge is 0.484 e. The van der Waals surface area contributed by atoms with Gasteiger partial charge in [0, 0.05) is 22.7 Å². The van der Waals surface area contributed by atoms with Gasteiger partial charge in [-0.1, -0.05) is 48.3 Å². The van der Waals surface area contributed by atoms with E-state index in [0.717, 1.165) is 5.56 Å². The van der Waals surface area contributed by atoms with Crippen LogP contribution in [0.15, 0.2) is 42.5 Å². The van der Waals surface area contributed by atoms with E-state index in [1.54, 1.807) is 6.07 Å². The molecule has 112 valence electrons. The van der Waals surface area contributed by atoms with E-state index in [1.807, 2.05) is 25.1 Å². The van der Waals surface area contributed by atoms with Gasteiger partial charge in [0.25, 0.3) is 0 Å². The minimum absolute atomic E-state index is 0.00970. The van der Waals surface area contributed by atoms with Crippen LogP contribution in [0.25, 0.3) is 0 Å². The van der Waals surface area contributed by atoms with Crippen molar-refractivity contribution in [1.29, 1.82) is 0 Å². The van der Waals surface area contributed by atoms with Crippen molar-refractivity contribution >= 4 is 23.2 Å². The van der Waals surface area contributed by atoms with Gasteiger partial charge in [-0.25, -0.2) is 4.39 Å². The van der Waals surface area contributed by atoms with Crippen molar-refractivity contribution in [2.75, 3.05) is 0 Å². The Morgan fingerprint density at radius 1 is 1.14 bits per heavy atom. The van der Waals surface area contributed by atoms with Crippen LogP contribution in [0.2, 0.25) is 10.0 Å². The molecule has 0 aliphatic heterocycles. The summed E-state index contributed by atoms with van der Waals surface area (Å²) in [6.07, 6.45) is 0.287. The summed E-state index contributed by atoms with van der Waals surface area (Å²) in [7, 11) is 0. The first kappa shape index (κ1) is 16.1. The Hall–Kier alpha value is -1.29. The molecule has 0 amide bonds. The standard InChI is InChI=1S/C16H16Cl2FNO/c1-2-15(20)16(11-5-3-4-6-12(11)17)21-10-7-8-14(19)13(18)9-10/h3-9,15-16H,2,20H2,1H3. The van der Waals surface area contributed by atoms with E-state index in [9.17, 15) is 4.39 Å². The highest BCUT2D eigenvalue weighted by Gasteiger charge is 2.23. The molecule has 0 radical (unpaired) electrons. The lowest BCUT2D eigenvalue weighted by molar-refractivity contribution is 0.171. The van der Waals surface area contributed by atoms with Gasteiger partial charge in [0.2, 0.25) is 0 Å². The molecule has 2 N–H and O–H groups in total. The maximum absolute atomic E-state index is 13.2. The summed E-state index contributed by atoms with van der Waals surface area (Å²) in [5.74, 6) is -0.0340. The predicted octanol–water partition coefficient (Wildman–Crippen LogP) is 4.99. The maximum Gasteiger partial charge on any atom is 0.142 e. The Kier molecular flexibility index (Phi) is 5.45. The highest BCUT2D eigenvalue weighted by atomic mass is 35.5. The fraction of sp³-hybridized carbons (Fsp3) is 0.250. The Morgan fingerprint density at radius 2 is 1.86 bits per heavy atom. The third kappa shape index (κ3) is 3.88. The predicted molar refractivity (Wildman–Crippen MR) is 84.5 cm³/mol. The minimum Gasteiger partial charge on any atom is -0.484 e. The van der Waals surface area contributed by atoms with E-state index in [1.165, 1.54) is 18.2 Å². The topological polar surface area (TPSA) is 35.2 Å². The number of hydrogen-bond acceptors (Lipinski definition) is 2. The van der Waals surface area contributed by atoms with Crippen molar-refractivity contribution < 1.29 is 9.13 Å². The second kappa shape index (κ2) is 7.12. The van der Waals surface area contributed by atoms with E-state index >= 15 is 0 Å². The Balaban J connectivity index is 2.33. The zero-order chi connectivity index (χ0) is 15.4. The van der Waals surface area contributed by atoms with Crippen LogP contribution in [0.1, 0.15) is 25.0 Å². The lowest BCUT2D eigenvalue weighted by Gasteiger charge is -2.25. The Bertz CT molecular complexity index is 621. The lowest BCUT2D eigenvalue weighted by atomic mass is 10.0. The quantitative estimate of drug-likeness (QED) is 0.839. The first-order valence-electron chi connectivity index (χ1n) is 6.64. The molecule has 2 unspecified atom stereocenters. The number of ether oxygens (including phenoxy) is 1. The molecule has 0 saturated heterocycles. The molecular formula is C16H16Cl2FNO. The molecule has 2 nitrogen and oxygen atoms in total. The van der Waals surface area contributed by atoms with Crippen molar-refractivity contribution in [3.8, 4) is 5.75 Å². The Labute approximate surface area is 133 Å². The summed E-state index contributed by atoms with van der Waals surface area (Å²) < 4.78 is 19.1. The average molecular weight is 328 g/mol. The van der Waals surface area contributed by atoms with Gasteiger partial charge in [-0.15, -0.1) is 0 Å². The summed E-state index contributed by atoms with van der Waals surface area (Å²) in [6.45, 7) is 1.97. The van der Waals surface area contributed by atoms with Gasteiger partial charge < -0.3 is 10.5 Å². The van der Waals surface area contributed by atoms with E-state index in [2.05, 4.69) is 0 Å². The number of halogens is 3. The lowest BCUT2D eigenvalue weighted by Crippen LogP contribution is -2.31. The third-order valence-electron chi connectivity index (χ3n) is 3.23. The molecule has 0 heterocycles. The molecule has 5 heteroatoms. The van der Waals surface area contributed by atoms with Crippen LogP contribution in [-0.2, 0) is 0 Å². The second-order valence-corrected chi connectivity index (χ2v) is 5.52. The molecule has 0 aliphatic rings. The van der Waals surface area contributed by atoms with Crippen molar-refractivity contribution in [1.82, 2.24) is 0 Å². The maximum atomic E-state index is 13.2. The van der Waals surface area contributed by atoms with Crippen molar-refractivity contribution in [3.05, 3.63) is 63.9 Å². The molecule has 0 aromatic heterocycles. The van der Waals surface area contributed by atoms with Crippen LogP contribution in [0, 0.1) is 5.82 Å². The highest BCUT2D eigenvalue weighted by molar-refractivity contribution is 6.31. The molecule has 0 spiro atoms. The van der Waals surface area contributed by atoms with Gasteiger partial charge in [-0.2, -0.15) is 0 Å². The zero-order valence-electron chi connectivity index (χ0n) is 11.5. The normalized spacial score (nSPS) is 13.8. The molecular weight excluding hydrogens is 312 g/mol. The Morgan fingerprint density at radius 3 is 2.48 bits per heavy atom. The van der Waals surface area contributed by atoms with Gasteiger partial charge in [0.15, 0.2) is 0 Å². The summed E-state index contributed by atoms with van der Waals surface area (Å²) in [6, 6.07) is 11.3. The summed E-state index contributed by atoms with van der Waals surface area (Å²) in [4.78, 5) is 0. The number of hydrogen-bond donors (Lipinski definition) is 1. The first-order valence-corrected chi connectivity index (χ1v) is 7.40. The smallest absolute Gasteiger partial charge is 0.142 e. The van der Waals surface area contributed by atoms with Crippen molar-refractivity contribution in [2.24, 2.45) is 5.73 Å². The van der Waals surface area contributed by atoms with E-state index < -0.39 is 11.9 Å². The summed E-state index contributed by atoms with van der Waals surface area (Å²) in [5, 5.41) is 0.593. The van der Waals surface area contributed by atoms with E-state index in [-0.39, 0.29) is 11.1 Å². The molecule has 0 aliphatic carbocycles. The average Bonchev–Trinajstić information content (AvgIpc) is 2.48. The monoisotopic (exact) mass is 327 g/mol. The van der Waals surface area contributed by atoms with Gasteiger partial charge in [-0.3, -0.25) is 0 Å². The summed E-state index contributed by atoms with van der Waals surface area (Å²) in [5.41, 5.74) is 6.94. The molecule has 2 atom stereocenters. The number of nitrogens with two attached hydrogens (primary N) is 1. The molecule has 0 bridgehead atoms. The molecule has 21 heavy (non-hydrogen) atoms. The fourth-order valence-corrected chi connectivity index (χ4v) is 2.41. The highest BCUT2D eigenvalue weighted by Crippen LogP contribution is 2.31. The molecule has 0 fully saturated rings. The van der Waals surface area contributed by atoms with Crippen LogP contribution >= 0.6 is 23.2 Å². The van der Waals surface area contributed by atoms with Gasteiger partial charge >= 0.3 is 0 Å². The van der Waals surface area contributed by atoms with Gasteiger partial charge in [-0.05, 0) is 24.6 Å². The second-order valence-electron chi connectivity index (χ2n) is 4.71.